The minimum atomic E-state index is -3.43. The van der Waals surface area contributed by atoms with Crippen molar-refractivity contribution in [1.29, 1.82) is 0 Å². The Labute approximate surface area is 172 Å². The first-order valence-corrected chi connectivity index (χ1v) is 11.5. The maximum absolute atomic E-state index is 12.8. The van der Waals surface area contributed by atoms with E-state index in [1.807, 2.05) is 43.3 Å². The summed E-state index contributed by atoms with van der Waals surface area (Å²) in [6, 6.07) is 15.1. The number of aryl methyl sites for hydroxylation is 1. The van der Waals surface area contributed by atoms with Crippen LogP contribution >= 0.6 is 0 Å². The fourth-order valence-corrected chi connectivity index (χ4v) is 4.93. The number of rotatable bonds is 6. The molecule has 1 aliphatic carbocycles. The molecule has 2 aliphatic rings. The fourth-order valence-electron chi connectivity index (χ4n) is 3.50. The first-order valence-electron chi connectivity index (χ1n) is 10.1. The molecular formula is C22H27N3O3S. The molecule has 2 fully saturated rings. The predicted octanol–water partition coefficient (Wildman–Crippen LogP) is 2.39. The zero-order valence-electron chi connectivity index (χ0n) is 16.7. The normalized spacial score (nSPS) is 18.5. The summed E-state index contributed by atoms with van der Waals surface area (Å²) < 4.78 is 27.2. The van der Waals surface area contributed by atoms with E-state index in [1.165, 1.54) is 0 Å². The van der Waals surface area contributed by atoms with Gasteiger partial charge in [-0.05, 0) is 49.6 Å². The maximum Gasteiger partial charge on any atom is 0.251 e. The molecule has 1 amide bonds. The van der Waals surface area contributed by atoms with Crippen molar-refractivity contribution in [3.05, 3.63) is 65.2 Å². The average Bonchev–Trinajstić information content (AvgIpc) is 3.53. The number of benzene rings is 2. The van der Waals surface area contributed by atoms with E-state index in [4.69, 9.17) is 0 Å². The molecule has 0 unspecified atom stereocenters. The number of nitrogens with one attached hydrogen (secondary N) is 1. The van der Waals surface area contributed by atoms with Gasteiger partial charge < -0.3 is 5.32 Å². The molecule has 7 heteroatoms. The average molecular weight is 414 g/mol. The van der Waals surface area contributed by atoms with Crippen molar-refractivity contribution in [1.82, 2.24) is 14.5 Å². The van der Waals surface area contributed by atoms with Gasteiger partial charge in [-0.15, -0.1) is 0 Å². The Morgan fingerprint density at radius 2 is 1.59 bits per heavy atom. The second-order valence-electron chi connectivity index (χ2n) is 7.94. The van der Waals surface area contributed by atoms with Gasteiger partial charge in [0.25, 0.3) is 5.91 Å². The number of nitrogens with zero attached hydrogens (tertiary/aromatic N) is 2. The number of carbonyl (C=O) groups is 1. The lowest BCUT2D eigenvalue weighted by Gasteiger charge is -2.34. The molecule has 0 bridgehead atoms. The Morgan fingerprint density at radius 3 is 2.17 bits per heavy atom. The van der Waals surface area contributed by atoms with Crippen LogP contribution in [-0.2, 0) is 16.6 Å². The molecule has 1 aliphatic heterocycles. The molecule has 1 saturated heterocycles. The van der Waals surface area contributed by atoms with Gasteiger partial charge in [0.1, 0.15) is 0 Å². The van der Waals surface area contributed by atoms with E-state index in [1.54, 1.807) is 16.4 Å². The molecule has 1 N–H and O–H groups in total. The van der Waals surface area contributed by atoms with E-state index >= 15 is 0 Å². The second kappa shape index (κ2) is 8.26. The summed E-state index contributed by atoms with van der Waals surface area (Å²) >= 11 is 0. The lowest BCUT2D eigenvalue weighted by Crippen LogP contribution is -2.48. The lowest BCUT2D eigenvalue weighted by molar-refractivity contribution is 0.0951. The number of amides is 1. The van der Waals surface area contributed by atoms with Gasteiger partial charge in [-0.25, -0.2) is 8.42 Å². The molecule has 154 valence electrons. The standard InChI is InChI=1S/C22H27N3O3S/c1-17-2-10-21(11-3-17)29(27,28)25-14-12-24(13-15-25)16-18-4-6-19(7-5-18)22(26)23-20-8-9-20/h2-7,10-11,20H,8-9,12-16H2,1H3,(H,23,26). The summed E-state index contributed by atoms with van der Waals surface area (Å²) in [5, 5.41) is 2.99. The highest BCUT2D eigenvalue weighted by Gasteiger charge is 2.28. The van der Waals surface area contributed by atoms with Crippen LogP contribution in [-0.4, -0.2) is 55.8 Å². The highest BCUT2D eigenvalue weighted by molar-refractivity contribution is 7.89. The van der Waals surface area contributed by atoms with Crippen molar-refractivity contribution < 1.29 is 13.2 Å². The number of piperazine rings is 1. The van der Waals surface area contributed by atoms with Gasteiger partial charge in [-0.1, -0.05) is 29.8 Å². The van der Waals surface area contributed by atoms with Crippen molar-refractivity contribution in [2.45, 2.75) is 37.2 Å². The molecule has 4 rings (SSSR count). The molecule has 29 heavy (non-hydrogen) atoms. The Morgan fingerprint density at radius 1 is 0.966 bits per heavy atom. The molecule has 2 aromatic rings. The summed E-state index contributed by atoms with van der Waals surface area (Å²) in [7, 11) is -3.43. The predicted molar refractivity (Wildman–Crippen MR) is 112 cm³/mol. The summed E-state index contributed by atoms with van der Waals surface area (Å²) in [5.74, 6) is -0.00558. The fraction of sp³-hybridized carbons (Fsp3) is 0.409. The summed E-state index contributed by atoms with van der Waals surface area (Å²) in [6.45, 7) is 5.05. The SMILES string of the molecule is Cc1ccc(S(=O)(=O)N2CCN(Cc3ccc(C(=O)NC4CC4)cc3)CC2)cc1. The molecular weight excluding hydrogens is 386 g/mol. The third-order valence-electron chi connectivity index (χ3n) is 5.52. The number of carbonyl (C=O) groups excluding carboxylic acids is 1. The largest absolute Gasteiger partial charge is 0.349 e. The molecule has 0 radical (unpaired) electrons. The number of hydrogen-bond acceptors (Lipinski definition) is 4. The van der Waals surface area contributed by atoms with E-state index in [0.717, 1.165) is 30.5 Å². The van der Waals surface area contributed by atoms with Crippen LogP contribution in [0.5, 0.6) is 0 Å². The lowest BCUT2D eigenvalue weighted by atomic mass is 10.1. The molecule has 0 aromatic heterocycles. The van der Waals surface area contributed by atoms with Crippen LogP contribution in [0.4, 0.5) is 0 Å². The van der Waals surface area contributed by atoms with Crippen LogP contribution in [0.15, 0.2) is 53.4 Å². The second-order valence-corrected chi connectivity index (χ2v) is 9.88. The van der Waals surface area contributed by atoms with Crippen molar-refractivity contribution in [2.75, 3.05) is 26.2 Å². The van der Waals surface area contributed by atoms with E-state index in [-0.39, 0.29) is 5.91 Å². The van der Waals surface area contributed by atoms with Gasteiger partial charge in [0, 0.05) is 44.3 Å². The van der Waals surface area contributed by atoms with Gasteiger partial charge >= 0.3 is 0 Å². The van der Waals surface area contributed by atoms with Crippen LogP contribution in [0, 0.1) is 6.92 Å². The summed E-state index contributed by atoms with van der Waals surface area (Å²) in [4.78, 5) is 14.7. The van der Waals surface area contributed by atoms with E-state index in [0.29, 0.717) is 42.7 Å². The third kappa shape index (κ3) is 4.86. The highest BCUT2D eigenvalue weighted by Crippen LogP contribution is 2.20. The minimum Gasteiger partial charge on any atom is -0.349 e. The van der Waals surface area contributed by atoms with Gasteiger partial charge in [0.05, 0.1) is 4.90 Å². The zero-order valence-corrected chi connectivity index (χ0v) is 17.5. The van der Waals surface area contributed by atoms with Crippen molar-refractivity contribution in [3.63, 3.8) is 0 Å². The van der Waals surface area contributed by atoms with Crippen LogP contribution in [0.3, 0.4) is 0 Å². The Kier molecular flexibility index (Phi) is 5.72. The summed E-state index contributed by atoms with van der Waals surface area (Å²) in [5.41, 5.74) is 2.86. The van der Waals surface area contributed by atoms with Gasteiger partial charge in [-0.3, -0.25) is 9.69 Å². The van der Waals surface area contributed by atoms with Gasteiger partial charge in [0.15, 0.2) is 0 Å². The first kappa shape index (κ1) is 20.1. The van der Waals surface area contributed by atoms with Crippen molar-refractivity contribution in [3.8, 4) is 0 Å². The zero-order chi connectivity index (χ0) is 20.4. The Hall–Kier alpha value is -2.22. The molecule has 0 atom stereocenters. The number of hydrogen-bond donors (Lipinski definition) is 1. The molecule has 0 spiro atoms. The minimum absolute atomic E-state index is 0.00558. The Balaban J connectivity index is 1.31. The number of sulfonamides is 1. The first-order chi connectivity index (χ1) is 13.9. The maximum atomic E-state index is 12.8. The van der Waals surface area contributed by atoms with E-state index < -0.39 is 10.0 Å². The molecule has 2 aromatic carbocycles. The van der Waals surface area contributed by atoms with Crippen molar-refractivity contribution in [2.24, 2.45) is 0 Å². The summed E-state index contributed by atoms with van der Waals surface area (Å²) in [6.07, 6.45) is 2.16. The van der Waals surface area contributed by atoms with Gasteiger partial charge in [-0.2, -0.15) is 4.31 Å². The third-order valence-corrected chi connectivity index (χ3v) is 7.44. The van der Waals surface area contributed by atoms with E-state index in [2.05, 4.69) is 10.2 Å². The smallest absolute Gasteiger partial charge is 0.251 e. The van der Waals surface area contributed by atoms with Crippen LogP contribution in [0.1, 0.15) is 34.3 Å². The van der Waals surface area contributed by atoms with Crippen LogP contribution < -0.4 is 5.32 Å². The van der Waals surface area contributed by atoms with Crippen LogP contribution in [0.25, 0.3) is 0 Å². The monoisotopic (exact) mass is 413 g/mol. The molecule has 1 saturated carbocycles. The van der Waals surface area contributed by atoms with E-state index in [9.17, 15) is 13.2 Å². The van der Waals surface area contributed by atoms with Crippen molar-refractivity contribution >= 4 is 15.9 Å². The van der Waals surface area contributed by atoms with Crippen LogP contribution in [0.2, 0.25) is 0 Å². The Bertz CT molecular complexity index is 959. The van der Waals surface area contributed by atoms with Gasteiger partial charge in [0.2, 0.25) is 10.0 Å². The molecule has 6 nitrogen and oxygen atoms in total. The highest BCUT2D eigenvalue weighted by atomic mass is 32.2. The topological polar surface area (TPSA) is 69.7 Å². The quantitative estimate of drug-likeness (QED) is 0.790. The molecule has 1 heterocycles.